The third kappa shape index (κ3) is 3.86. The summed E-state index contributed by atoms with van der Waals surface area (Å²) in [5.41, 5.74) is 0.940. The van der Waals surface area contributed by atoms with Crippen molar-refractivity contribution >= 4 is 40.9 Å². The van der Waals surface area contributed by atoms with E-state index >= 15 is 0 Å². The molecule has 0 amide bonds. The van der Waals surface area contributed by atoms with Crippen LogP contribution in [0.3, 0.4) is 0 Å². The van der Waals surface area contributed by atoms with Gasteiger partial charge in [-0.3, -0.25) is 0 Å². The van der Waals surface area contributed by atoms with Crippen molar-refractivity contribution in [3.05, 3.63) is 57.8 Å². The summed E-state index contributed by atoms with van der Waals surface area (Å²) in [6.07, 6.45) is 1.48. The molecule has 0 radical (unpaired) electrons. The molecule has 0 saturated carbocycles. The topological polar surface area (TPSA) is 50.2 Å². The van der Waals surface area contributed by atoms with Gasteiger partial charge in [0.1, 0.15) is 5.69 Å². The van der Waals surface area contributed by atoms with Crippen LogP contribution in [0.15, 0.2) is 41.4 Å². The van der Waals surface area contributed by atoms with Crippen molar-refractivity contribution in [1.82, 2.24) is 4.98 Å². The molecule has 0 aliphatic carbocycles. The summed E-state index contributed by atoms with van der Waals surface area (Å²) in [7, 11) is 0. The minimum Gasteiger partial charge on any atom is -0.477 e. The average molecular weight is 314 g/mol. The zero-order chi connectivity index (χ0) is 13.8. The van der Waals surface area contributed by atoms with E-state index in [-0.39, 0.29) is 5.69 Å². The highest BCUT2D eigenvalue weighted by Gasteiger charge is 2.07. The fourth-order valence-electron chi connectivity index (χ4n) is 1.43. The van der Waals surface area contributed by atoms with Gasteiger partial charge in [0.25, 0.3) is 0 Å². The van der Waals surface area contributed by atoms with Crippen molar-refractivity contribution in [2.45, 2.75) is 10.6 Å². The number of halogens is 2. The highest BCUT2D eigenvalue weighted by Crippen LogP contribution is 2.28. The minimum atomic E-state index is -1.04. The molecular formula is C13H9Cl2NO2S. The van der Waals surface area contributed by atoms with Crippen LogP contribution in [0, 0.1) is 0 Å². The van der Waals surface area contributed by atoms with Crippen LogP contribution in [-0.2, 0) is 5.75 Å². The molecular weight excluding hydrogens is 305 g/mol. The van der Waals surface area contributed by atoms with Crippen molar-refractivity contribution in [2.24, 2.45) is 0 Å². The summed E-state index contributed by atoms with van der Waals surface area (Å²) in [6, 6.07) is 8.57. The monoisotopic (exact) mass is 313 g/mol. The maximum atomic E-state index is 10.8. The Kier molecular flexibility index (Phi) is 4.69. The first-order chi connectivity index (χ1) is 9.06. The lowest BCUT2D eigenvalue weighted by Gasteiger charge is -2.05. The Morgan fingerprint density at radius 2 is 2.05 bits per heavy atom. The predicted octanol–water partition coefficient (Wildman–Crippen LogP) is 4.38. The molecule has 0 bridgehead atoms. The van der Waals surface area contributed by atoms with E-state index in [0.717, 1.165) is 10.5 Å². The van der Waals surface area contributed by atoms with Crippen LogP contribution in [0.4, 0.5) is 0 Å². The van der Waals surface area contributed by atoms with Crippen molar-refractivity contribution in [3.8, 4) is 0 Å². The van der Waals surface area contributed by atoms with Gasteiger partial charge < -0.3 is 5.11 Å². The maximum absolute atomic E-state index is 10.8. The van der Waals surface area contributed by atoms with Crippen LogP contribution in [0.25, 0.3) is 0 Å². The highest BCUT2D eigenvalue weighted by atomic mass is 35.5. The van der Waals surface area contributed by atoms with Crippen molar-refractivity contribution in [1.29, 1.82) is 0 Å². The van der Waals surface area contributed by atoms with Gasteiger partial charge in [0.05, 0.1) is 0 Å². The number of benzene rings is 1. The number of aromatic carboxylic acids is 1. The normalized spacial score (nSPS) is 10.4. The quantitative estimate of drug-likeness (QED) is 0.851. The van der Waals surface area contributed by atoms with Gasteiger partial charge in [-0.2, -0.15) is 0 Å². The van der Waals surface area contributed by atoms with Crippen LogP contribution < -0.4 is 0 Å². The molecule has 0 fully saturated rings. The maximum Gasteiger partial charge on any atom is 0.354 e. The van der Waals surface area contributed by atoms with Crippen LogP contribution in [-0.4, -0.2) is 16.1 Å². The molecule has 6 heteroatoms. The number of carboxylic acids is 1. The first-order valence-electron chi connectivity index (χ1n) is 5.32. The number of aromatic nitrogens is 1. The summed E-state index contributed by atoms with van der Waals surface area (Å²) in [4.78, 5) is 15.4. The van der Waals surface area contributed by atoms with E-state index in [4.69, 9.17) is 28.3 Å². The number of carbonyl (C=O) groups is 1. The summed E-state index contributed by atoms with van der Waals surface area (Å²) in [6.45, 7) is 0. The Bertz CT molecular complexity index is 619. The Labute approximate surface area is 124 Å². The van der Waals surface area contributed by atoms with Crippen LogP contribution in [0.2, 0.25) is 10.0 Å². The van der Waals surface area contributed by atoms with Gasteiger partial charge in [-0.05, 0) is 35.9 Å². The number of hydrogen-bond acceptors (Lipinski definition) is 3. The molecule has 0 saturated heterocycles. The number of hydrogen-bond donors (Lipinski definition) is 1. The van der Waals surface area contributed by atoms with Gasteiger partial charge >= 0.3 is 5.97 Å². The Morgan fingerprint density at radius 1 is 1.26 bits per heavy atom. The number of rotatable bonds is 4. The number of pyridine rings is 1. The van der Waals surface area contributed by atoms with Gasteiger partial charge in [-0.25, -0.2) is 9.78 Å². The molecule has 1 aromatic heterocycles. The van der Waals surface area contributed by atoms with Gasteiger partial charge in [0.2, 0.25) is 0 Å². The summed E-state index contributed by atoms with van der Waals surface area (Å²) >= 11 is 13.5. The first kappa shape index (κ1) is 14.2. The van der Waals surface area contributed by atoms with E-state index in [1.54, 1.807) is 24.3 Å². The SMILES string of the molecule is O=C(O)c1cc(SCc2cc(Cl)ccc2Cl)ccn1. The van der Waals surface area contributed by atoms with Crippen LogP contribution in [0.5, 0.6) is 0 Å². The molecule has 2 rings (SSSR count). The smallest absolute Gasteiger partial charge is 0.354 e. The minimum absolute atomic E-state index is 0.0298. The van der Waals surface area contributed by atoms with Gasteiger partial charge in [0.15, 0.2) is 0 Å². The number of nitrogens with zero attached hydrogens (tertiary/aromatic N) is 1. The fourth-order valence-corrected chi connectivity index (χ4v) is 2.80. The number of thioether (sulfide) groups is 1. The van der Waals surface area contributed by atoms with E-state index in [1.807, 2.05) is 0 Å². The third-order valence-corrected chi connectivity index (χ3v) is 4.00. The molecule has 0 spiro atoms. The molecule has 0 atom stereocenters. The molecule has 1 aromatic carbocycles. The predicted molar refractivity (Wildman–Crippen MR) is 77.2 cm³/mol. The standard InChI is InChI=1S/C13H9Cl2NO2S/c14-9-1-2-11(15)8(5-9)7-19-10-3-4-16-12(6-10)13(17)18/h1-6H,7H2,(H,17,18). The lowest BCUT2D eigenvalue weighted by atomic mass is 10.2. The van der Waals surface area contributed by atoms with Crippen molar-refractivity contribution < 1.29 is 9.90 Å². The van der Waals surface area contributed by atoms with Crippen molar-refractivity contribution in [2.75, 3.05) is 0 Å². The molecule has 2 aromatic rings. The zero-order valence-electron chi connectivity index (χ0n) is 9.64. The zero-order valence-corrected chi connectivity index (χ0v) is 12.0. The van der Waals surface area contributed by atoms with E-state index < -0.39 is 5.97 Å². The second-order valence-corrected chi connectivity index (χ2v) is 5.60. The fraction of sp³-hybridized carbons (Fsp3) is 0.0769. The van der Waals surface area contributed by atoms with Gasteiger partial charge in [0, 0.05) is 26.9 Å². The molecule has 98 valence electrons. The van der Waals surface area contributed by atoms with Crippen LogP contribution >= 0.6 is 35.0 Å². The molecule has 3 nitrogen and oxygen atoms in total. The first-order valence-corrected chi connectivity index (χ1v) is 7.06. The van der Waals surface area contributed by atoms with E-state index in [1.165, 1.54) is 24.0 Å². The van der Waals surface area contributed by atoms with Gasteiger partial charge in [-0.1, -0.05) is 23.2 Å². The van der Waals surface area contributed by atoms with E-state index in [2.05, 4.69) is 4.98 Å². The third-order valence-electron chi connectivity index (χ3n) is 2.35. The molecule has 1 heterocycles. The largest absolute Gasteiger partial charge is 0.477 e. The summed E-state index contributed by atoms with van der Waals surface area (Å²) in [5.74, 6) is -0.425. The molecule has 0 aliphatic rings. The second-order valence-electron chi connectivity index (χ2n) is 3.71. The molecule has 0 unspecified atom stereocenters. The molecule has 1 N–H and O–H groups in total. The van der Waals surface area contributed by atoms with E-state index in [0.29, 0.717) is 15.8 Å². The van der Waals surface area contributed by atoms with Gasteiger partial charge in [-0.15, -0.1) is 11.8 Å². The summed E-state index contributed by atoms with van der Waals surface area (Å²) in [5, 5.41) is 10.1. The second kappa shape index (κ2) is 6.28. The Hall–Kier alpha value is -1.23. The molecule has 0 aliphatic heterocycles. The summed E-state index contributed by atoms with van der Waals surface area (Å²) < 4.78 is 0. The molecule has 19 heavy (non-hydrogen) atoms. The Morgan fingerprint density at radius 3 is 2.79 bits per heavy atom. The average Bonchev–Trinajstić information content (AvgIpc) is 2.40. The van der Waals surface area contributed by atoms with E-state index in [9.17, 15) is 4.79 Å². The highest BCUT2D eigenvalue weighted by molar-refractivity contribution is 7.98. The lowest BCUT2D eigenvalue weighted by Crippen LogP contribution is -1.99. The lowest BCUT2D eigenvalue weighted by molar-refractivity contribution is 0.0690. The van der Waals surface area contributed by atoms with Crippen molar-refractivity contribution in [3.63, 3.8) is 0 Å². The Balaban J connectivity index is 2.12. The van der Waals surface area contributed by atoms with Crippen LogP contribution in [0.1, 0.15) is 16.1 Å². The number of carboxylic acid groups (broad SMARTS) is 1.